The minimum Gasteiger partial charge on any atom is -0.264 e. The highest BCUT2D eigenvalue weighted by Crippen LogP contribution is 2.33. The third-order valence-corrected chi connectivity index (χ3v) is 3.35. The molecule has 3 aromatic rings. The minimum absolute atomic E-state index is 0.431. The maximum atomic E-state index is 6.08. The molecule has 4 heteroatoms. The highest BCUT2D eigenvalue weighted by Gasteiger charge is 2.13. The molecule has 0 aliphatic rings. The van der Waals surface area contributed by atoms with Gasteiger partial charge >= 0.3 is 0 Å². The molecule has 3 rings (SSSR count). The molecule has 0 atom stereocenters. The molecule has 98 valence electrons. The average Bonchev–Trinajstić information content (AvgIpc) is 2.55. The summed E-state index contributed by atoms with van der Waals surface area (Å²) in [6.07, 6.45) is 8.91. The fourth-order valence-electron chi connectivity index (χ4n) is 2.17. The first-order valence-corrected chi connectivity index (χ1v) is 6.78. The van der Waals surface area contributed by atoms with Gasteiger partial charge in [0.1, 0.15) is 0 Å². The summed E-state index contributed by atoms with van der Waals surface area (Å²) in [5, 5.41) is 0. The summed E-state index contributed by atoms with van der Waals surface area (Å²) in [6.45, 7) is 0. The molecule has 0 fully saturated rings. The zero-order valence-corrected chi connectivity index (χ0v) is 11.5. The molecule has 0 amide bonds. The van der Waals surface area contributed by atoms with E-state index in [4.69, 9.17) is 11.6 Å². The number of hydrogen-bond acceptors (Lipinski definition) is 3. The van der Waals surface area contributed by atoms with Crippen LogP contribution in [-0.2, 0) is 5.88 Å². The molecule has 3 aromatic heterocycles. The van der Waals surface area contributed by atoms with E-state index >= 15 is 0 Å². The third-order valence-electron chi connectivity index (χ3n) is 3.07. The van der Waals surface area contributed by atoms with E-state index in [9.17, 15) is 0 Å². The Balaban J connectivity index is 2.26. The van der Waals surface area contributed by atoms with Gasteiger partial charge in [-0.3, -0.25) is 15.0 Å². The summed E-state index contributed by atoms with van der Waals surface area (Å²) >= 11 is 6.08. The van der Waals surface area contributed by atoms with E-state index in [1.165, 1.54) is 0 Å². The first kappa shape index (κ1) is 12.8. The summed E-state index contributed by atoms with van der Waals surface area (Å²) in [7, 11) is 0. The first-order valence-electron chi connectivity index (χ1n) is 6.25. The van der Waals surface area contributed by atoms with Crippen LogP contribution in [-0.4, -0.2) is 15.0 Å². The lowest BCUT2D eigenvalue weighted by molar-refractivity contribution is 1.24. The van der Waals surface area contributed by atoms with Gasteiger partial charge in [0.25, 0.3) is 0 Å². The topological polar surface area (TPSA) is 38.7 Å². The van der Waals surface area contributed by atoms with E-state index in [-0.39, 0.29) is 0 Å². The van der Waals surface area contributed by atoms with Crippen molar-refractivity contribution in [3.63, 3.8) is 0 Å². The molecule has 3 nitrogen and oxygen atoms in total. The van der Waals surface area contributed by atoms with E-state index < -0.39 is 0 Å². The van der Waals surface area contributed by atoms with Crippen molar-refractivity contribution in [3.8, 4) is 22.4 Å². The van der Waals surface area contributed by atoms with Crippen LogP contribution in [0.4, 0.5) is 0 Å². The maximum Gasteiger partial charge on any atom is 0.0799 e. The Kier molecular flexibility index (Phi) is 3.70. The molecule has 0 spiro atoms. The van der Waals surface area contributed by atoms with Gasteiger partial charge in [0.15, 0.2) is 0 Å². The second-order valence-electron chi connectivity index (χ2n) is 4.31. The predicted octanol–water partition coefficient (Wildman–Crippen LogP) is 3.94. The van der Waals surface area contributed by atoms with Crippen molar-refractivity contribution in [3.05, 3.63) is 66.9 Å². The Labute approximate surface area is 122 Å². The lowest BCUT2D eigenvalue weighted by Gasteiger charge is -2.12. The number of aromatic nitrogens is 3. The standard InChI is InChI=1S/C16H12ClN3/c17-9-12-5-8-20-16(14-4-2-7-19-11-14)15(12)13-3-1-6-18-10-13/h1-8,10-11H,9H2. The van der Waals surface area contributed by atoms with Crippen molar-refractivity contribution in [2.45, 2.75) is 5.88 Å². The van der Waals surface area contributed by atoms with Crippen LogP contribution in [0.25, 0.3) is 22.4 Å². The van der Waals surface area contributed by atoms with Crippen LogP contribution in [0, 0.1) is 0 Å². The number of pyridine rings is 3. The maximum absolute atomic E-state index is 6.08. The average molecular weight is 282 g/mol. The molecular formula is C16H12ClN3. The lowest BCUT2D eigenvalue weighted by Crippen LogP contribution is -1.95. The van der Waals surface area contributed by atoms with Crippen LogP contribution >= 0.6 is 11.6 Å². The van der Waals surface area contributed by atoms with Crippen LogP contribution in [0.3, 0.4) is 0 Å². The Hall–Kier alpha value is -2.26. The quantitative estimate of drug-likeness (QED) is 0.683. The van der Waals surface area contributed by atoms with Crippen molar-refractivity contribution in [1.82, 2.24) is 15.0 Å². The van der Waals surface area contributed by atoms with Crippen molar-refractivity contribution < 1.29 is 0 Å². The zero-order chi connectivity index (χ0) is 13.8. The molecule has 0 radical (unpaired) electrons. The van der Waals surface area contributed by atoms with Crippen molar-refractivity contribution in [2.24, 2.45) is 0 Å². The summed E-state index contributed by atoms with van der Waals surface area (Å²) in [5.41, 5.74) is 4.91. The molecular weight excluding hydrogens is 270 g/mol. The number of rotatable bonds is 3. The van der Waals surface area contributed by atoms with Crippen LogP contribution in [0.1, 0.15) is 5.56 Å². The van der Waals surface area contributed by atoms with Gasteiger partial charge in [-0.15, -0.1) is 11.6 Å². The Bertz CT molecular complexity index is 699. The molecule has 0 N–H and O–H groups in total. The van der Waals surface area contributed by atoms with E-state index in [0.29, 0.717) is 5.88 Å². The van der Waals surface area contributed by atoms with Gasteiger partial charge in [0, 0.05) is 53.6 Å². The van der Waals surface area contributed by atoms with Gasteiger partial charge in [-0.2, -0.15) is 0 Å². The molecule has 3 heterocycles. The molecule has 20 heavy (non-hydrogen) atoms. The van der Waals surface area contributed by atoms with Gasteiger partial charge in [-0.1, -0.05) is 6.07 Å². The minimum atomic E-state index is 0.431. The van der Waals surface area contributed by atoms with Gasteiger partial charge in [0.05, 0.1) is 5.69 Å². The largest absolute Gasteiger partial charge is 0.264 e. The monoisotopic (exact) mass is 281 g/mol. The molecule has 0 bridgehead atoms. The number of alkyl halides is 1. The van der Waals surface area contributed by atoms with Crippen molar-refractivity contribution in [1.29, 1.82) is 0 Å². The zero-order valence-electron chi connectivity index (χ0n) is 10.7. The molecule has 0 saturated carbocycles. The van der Waals surface area contributed by atoms with E-state index in [1.54, 1.807) is 24.8 Å². The summed E-state index contributed by atoms with van der Waals surface area (Å²) in [4.78, 5) is 12.9. The van der Waals surface area contributed by atoms with E-state index in [0.717, 1.165) is 27.9 Å². The number of halogens is 1. The molecule has 0 saturated heterocycles. The second-order valence-corrected chi connectivity index (χ2v) is 4.58. The molecule has 0 aromatic carbocycles. The fourth-order valence-corrected chi connectivity index (χ4v) is 2.39. The summed E-state index contributed by atoms with van der Waals surface area (Å²) in [5.74, 6) is 0.431. The van der Waals surface area contributed by atoms with Crippen molar-refractivity contribution in [2.75, 3.05) is 0 Å². The summed E-state index contributed by atoms with van der Waals surface area (Å²) < 4.78 is 0. The van der Waals surface area contributed by atoms with Crippen LogP contribution in [0.2, 0.25) is 0 Å². The van der Waals surface area contributed by atoms with Gasteiger partial charge in [-0.25, -0.2) is 0 Å². The second kappa shape index (κ2) is 5.80. The Morgan fingerprint density at radius 2 is 1.55 bits per heavy atom. The van der Waals surface area contributed by atoms with Crippen LogP contribution in [0.5, 0.6) is 0 Å². The predicted molar refractivity (Wildman–Crippen MR) is 80.3 cm³/mol. The first-order chi connectivity index (χ1) is 9.90. The molecule has 0 aliphatic carbocycles. The smallest absolute Gasteiger partial charge is 0.0799 e. The van der Waals surface area contributed by atoms with Crippen LogP contribution < -0.4 is 0 Å². The highest BCUT2D eigenvalue weighted by molar-refractivity contribution is 6.17. The molecule has 0 aliphatic heterocycles. The van der Waals surface area contributed by atoms with Crippen LogP contribution in [0.15, 0.2) is 61.3 Å². The SMILES string of the molecule is ClCc1ccnc(-c2cccnc2)c1-c1cccnc1. The highest BCUT2D eigenvalue weighted by atomic mass is 35.5. The van der Waals surface area contributed by atoms with Crippen molar-refractivity contribution >= 4 is 11.6 Å². The number of nitrogens with zero attached hydrogens (tertiary/aromatic N) is 3. The summed E-state index contributed by atoms with van der Waals surface area (Å²) in [6, 6.07) is 9.76. The Morgan fingerprint density at radius 3 is 2.15 bits per heavy atom. The Morgan fingerprint density at radius 1 is 0.850 bits per heavy atom. The van der Waals surface area contributed by atoms with Gasteiger partial charge in [0.2, 0.25) is 0 Å². The van der Waals surface area contributed by atoms with E-state index in [1.807, 2.05) is 36.5 Å². The lowest BCUT2D eigenvalue weighted by atomic mass is 9.97. The van der Waals surface area contributed by atoms with Gasteiger partial charge < -0.3 is 0 Å². The molecule has 0 unspecified atom stereocenters. The normalized spacial score (nSPS) is 10.4. The number of hydrogen-bond donors (Lipinski definition) is 0. The van der Waals surface area contributed by atoms with Gasteiger partial charge in [-0.05, 0) is 29.8 Å². The van der Waals surface area contributed by atoms with E-state index in [2.05, 4.69) is 15.0 Å². The third kappa shape index (κ3) is 2.40. The fraction of sp³-hybridized carbons (Fsp3) is 0.0625.